The summed E-state index contributed by atoms with van der Waals surface area (Å²) in [4.78, 5) is 23.4. The molecule has 9 nitrogen and oxygen atoms in total. The van der Waals surface area contributed by atoms with Crippen molar-refractivity contribution in [2.24, 2.45) is 5.10 Å². The van der Waals surface area contributed by atoms with Gasteiger partial charge in [0.25, 0.3) is 11.2 Å². The Bertz CT molecular complexity index is 891. The maximum absolute atomic E-state index is 13.0. The molecule has 1 fully saturated rings. The topological polar surface area (TPSA) is 106 Å². The summed E-state index contributed by atoms with van der Waals surface area (Å²) < 4.78 is 6.75. The van der Waals surface area contributed by atoms with Gasteiger partial charge in [0.05, 0.1) is 48.2 Å². The molecule has 0 amide bonds. The number of non-ortho nitro benzene ring substituents is 1. The highest BCUT2D eigenvalue weighted by Gasteiger charge is 2.19. The van der Waals surface area contributed by atoms with E-state index in [2.05, 4.69) is 10.2 Å². The lowest BCUT2D eigenvalue weighted by Crippen LogP contribution is -2.33. The zero-order valence-electron chi connectivity index (χ0n) is 15.5. The summed E-state index contributed by atoms with van der Waals surface area (Å²) in [5.74, 6) is 0. The number of morpholine rings is 1. The Labute approximate surface area is 156 Å². The van der Waals surface area contributed by atoms with E-state index in [9.17, 15) is 14.9 Å². The molecular weight excluding hydrogens is 350 g/mol. The molecule has 9 heteroatoms. The number of ether oxygens (including phenoxy) is 1. The van der Waals surface area contributed by atoms with E-state index in [0.29, 0.717) is 49.7 Å². The molecule has 0 unspecified atom stereocenters. The number of aryl methyl sites for hydroxylation is 1. The fraction of sp³-hybridized carbons (Fsp3) is 0.444. The Kier molecular flexibility index (Phi) is 5.70. The summed E-state index contributed by atoms with van der Waals surface area (Å²) in [5, 5.41) is 20.5. The normalized spacial score (nSPS) is 15.2. The molecule has 0 aliphatic carbocycles. The van der Waals surface area contributed by atoms with Crippen molar-refractivity contribution in [3.8, 4) is 5.69 Å². The molecule has 0 spiro atoms. The van der Waals surface area contributed by atoms with Gasteiger partial charge in [0, 0.05) is 17.8 Å². The number of aromatic nitrogens is 2. The van der Waals surface area contributed by atoms with Gasteiger partial charge in [0.15, 0.2) is 0 Å². The van der Waals surface area contributed by atoms with Crippen molar-refractivity contribution < 1.29 is 9.66 Å². The number of rotatable bonds is 6. The molecule has 1 aliphatic rings. The van der Waals surface area contributed by atoms with Crippen molar-refractivity contribution in [1.29, 1.82) is 0 Å². The number of aromatic amines is 1. The lowest BCUT2D eigenvalue weighted by Gasteiger charge is -2.24. The molecule has 1 N–H and O–H groups in total. The van der Waals surface area contributed by atoms with E-state index in [0.717, 1.165) is 12.1 Å². The molecule has 1 aromatic heterocycles. The Morgan fingerprint density at radius 2 is 1.96 bits per heavy atom. The van der Waals surface area contributed by atoms with Crippen molar-refractivity contribution in [2.45, 2.75) is 26.7 Å². The van der Waals surface area contributed by atoms with Crippen LogP contribution in [0, 0.1) is 10.1 Å². The van der Waals surface area contributed by atoms with Crippen molar-refractivity contribution in [3.63, 3.8) is 0 Å². The predicted octanol–water partition coefficient (Wildman–Crippen LogP) is 2.08. The van der Waals surface area contributed by atoms with Crippen molar-refractivity contribution in [1.82, 2.24) is 14.8 Å². The molecule has 3 rings (SSSR count). The summed E-state index contributed by atoms with van der Waals surface area (Å²) >= 11 is 0. The maximum atomic E-state index is 13.0. The number of benzene rings is 1. The highest BCUT2D eigenvalue weighted by Crippen LogP contribution is 2.16. The average molecular weight is 373 g/mol. The second-order valence-electron chi connectivity index (χ2n) is 6.38. The number of nitro groups is 1. The standard InChI is InChI=1S/C18H23N5O4/c1-3-4-16-17(13(2)19-21-9-11-27-12-10-21)18(24)22(20-16)14-5-7-15(8-6-14)23(25)26/h5-8,20H,3-4,9-12H2,1-2H3. The lowest BCUT2D eigenvalue weighted by molar-refractivity contribution is -0.384. The van der Waals surface area contributed by atoms with Crippen LogP contribution >= 0.6 is 0 Å². The Morgan fingerprint density at radius 1 is 1.30 bits per heavy atom. The number of nitrogens with zero attached hydrogens (tertiary/aromatic N) is 4. The minimum Gasteiger partial charge on any atom is -0.378 e. The largest absolute Gasteiger partial charge is 0.378 e. The summed E-state index contributed by atoms with van der Waals surface area (Å²) in [5.41, 5.74) is 2.35. The zero-order chi connectivity index (χ0) is 19.4. The second-order valence-corrected chi connectivity index (χ2v) is 6.38. The third kappa shape index (κ3) is 4.08. The first-order chi connectivity index (χ1) is 13.0. The number of hydrazone groups is 1. The third-order valence-corrected chi connectivity index (χ3v) is 4.42. The molecule has 0 saturated carbocycles. The predicted molar refractivity (Wildman–Crippen MR) is 102 cm³/mol. The van der Waals surface area contributed by atoms with E-state index >= 15 is 0 Å². The molecule has 2 heterocycles. The first-order valence-corrected chi connectivity index (χ1v) is 8.98. The first-order valence-electron chi connectivity index (χ1n) is 8.98. The van der Waals surface area contributed by atoms with Crippen LogP contribution in [-0.2, 0) is 11.2 Å². The molecule has 0 atom stereocenters. The van der Waals surface area contributed by atoms with Crippen LogP contribution in [0.1, 0.15) is 31.5 Å². The second kappa shape index (κ2) is 8.17. The van der Waals surface area contributed by atoms with Gasteiger partial charge in [-0.15, -0.1) is 0 Å². The molecule has 2 aromatic rings. The van der Waals surface area contributed by atoms with Gasteiger partial charge in [-0.25, -0.2) is 4.68 Å². The molecule has 144 valence electrons. The minimum atomic E-state index is -0.464. The average Bonchev–Trinajstić information content (AvgIpc) is 2.99. The maximum Gasteiger partial charge on any atom is 0.280 e. The van der Waals surface area contributed by atoms with Crippen molar-refractivity contribution >= 4 is 11.4 Å². The molecule has 0 radical (unpaired) electrons. The molecular formula is C18H23N5O4. The third-order valence-electron chi connectivity index (χ3n) is 4.42. The number of nitrogens with one attached hydrogen (secondary N) is 1. The highest BCUT2D eigenvalue weighted by atomic mass is 16.6. The number of hydrogen-bond acceptors (Lipinski definition) is 6. The van der Waals surface area contributed by atoms with E-state index in [1.54, 1.807) is 12.1 Å². The molecule has 1 aromatic carbocycles. The van der Waals surface area contributed by atoms with Gasteiger partial charge in [-0.05, 0) is 25.5 Å². The zero-order valence-corrected chi connectivity index (χ0v) is 15.5. The van der Waals surface area contributed by atoms with Crippen LogP contribution in [0.2, 0.25) is 0 Å². The Balaban J connectivity index is 1.99. The first kappa shape index (κ1) is 18.8. The number of nitro benzene ring substituents is 1. The van der Waals surface area contributed by atoms with Crippen molar-refractivity contribution in [2.75, 3.05) is 26.3 Å². The van der Waals surface area contributed by atoms with Crippen LogP contribution in [0.3, 0.4) is 0 Å². The monoisotopic (exact) mass is 373 g/mol. The van der Waals surface area contributed by atoms with Gasteiger partial charge in [-0.1, -0.05) is 13.3 Å². The summed E-state index contributed by atoms with van der Waals surface area (Å²) in [6.07, 6.45) is 1.58. The van der Waals surface area contributed by atoms with Crippen LogP contribution in [0.5, 0.6) is 0 Å². The minimum absolute atomic E-state index is 0.0163. The van der Waals surface area contributed by atoms with Crippen LogP contribution < -0.4 is 5.56 Å². The lowest BCUT2D eigenvalue weighted by atomic mass is 10.1. The fourth-order valence-electron chi connectivity index (χ4n) is 3.11. The SMILES string of the molecule is CCCc1[nH]n(-c2ccc([N+](=O)[O-])cc2)c(=O)c1C(C)=NN1CCOCC1. The summed E-state index contributed by atoms with van der Waals surface area (Å²) in [7, 11) is 0. The van der Waals surface area contributed by atoms with E-state index in [1.807, 2.05) is 18.9 Å². The molecule has 1 aliphatic heterocycles. The van der Waals surface area contributed by atoms with Crippen LogP contribution in [-0.4, -0.2) is 51.7 Å². The van der Waals surface area contributed by atoms with Crippen molar-refractivity contribution in [3.05, 3.63) is 56.0 Å². The molecule has 1 saturated heterocycles. The Morgan fingerprint density at radius 3 is 2.56 bits per heavy atom. The van der Waals surface area contributed by atoms with E-state index < -0.39 is 4.92 Å². The van der Waals surface area contributed by atoms with Gasteiger partial charge in [-0.3, -0.25) is 25.0 Å². The highest BCUT2D eigenvalue weighted by molar-refractivity contribution is 5.99. The van der Waals surface area contributed by atoms with Gasteiger partial charge in [-0.2, -0.15) is 5.10 Å². The van der Waals surface area contributed by atoms with Crippen LogP contribution in [0.15, 0.2) is 34.2 Å². The molecule has 27 heavy (non-hydrogen) atoms. The van der Waals surface area contributed by atoms with Crippen LogP contribution in [0.4, 0.5) is 5.69 Å². The number of H-pyrrole nitrogens is 1. The smallest absolute Gasteiger partial charge is 0.280 e. The quantitative estimate of drug-likeness (QED) is 0.474. The fourth-order valence-corrected chi connectivity index (χ4v) is 3.11. The van der Waals surface area contributed by atoms with Gasteiger partial charge < -0.3 is 4.74 Å². The summed E-state index contributed by atoms with van der Waals surface area (Å²) in [6.45, 7) is 6.51. The summed E-state index contributed by atoms with van der Waals surface area (Å²) in [6, 6.07) is 5.89. The Hall–Kier alpha value is -2.94. The van der Waals surface area contributed by atoms with E-state index in [1.165, 1.54) is 16.8 Å². The molecule has 0 bridgehead atoms. The van der Waals surface area contributed by atoms with Crippen LogP contribution in [0.25, 0.3) is 5.69 Å². The number of hydrogen-bond donors (Lipinski definition) is 1. The van der Waals surface area contributed by atoms with E-state index in [-0.39, 0.29) is 11.2 Å². The van der Waals surface area contributed by atoms with E-state index in [4.69, 9.17) is 4.74 Å². The van der Waals surface area contributed by atoms with Gasteiger partial charge in [0.1, 0.15) is 0 Å². The van der Waals surface area contributed by atoms with Gasteiger partial charge in [0.2, 0.25) is 0 Å². The van der Waals surface area contributed by atoms with Gasteiger partial charge >= 0.3 is 0 Å².